The van der Waals surface area contributed by atoms with Crippen molar-refractivity contribution in [1.82, 2.24) is 15.1 Å². The first-order chi connectivity index (χ1) is 10.6. The Hall–Kier alpha value is -1.47. The molecule has 134 valence electrons. The smallest absolute Gasteiger partial charge is 0.338 e. The number of nitrogens with zero attached hydrogens (tertiary/aromatic N) is 2. The molecule has 3 amide bonds. The van der Waals surface area contributed by atoms with Crippen molar-refractivity contribution in [1.29, 1.82) is 0 Å². The summed E-state index contributed by atoms with van der Waals surface area (Å²) in [6.07, 6.45) is -2.84. The number of amides is 3. The van der Waals surface area contributed by atoms with Gasteiger partial charge in [-0.25, -0.2) is 4.79 Å². The molecule has 0 spiro atoms. The van der Waals surface area contributed by atoms with Gasteiger partial charge in [0, 0.05) is 33.1 Å². The molecule has 1 N–H and O–H groups in total. The summed E-state index contributed by atoms with van der Waals surface area (Å²) in [5, 5.41) is 2.82. The van der Waals surface area contributed by atoms with Crippen molar-refractivity contribution < 1.29 is 22.8 Å². The lowest BCUT2D eigenvalue weighted by Crippen LogP contribution is -2.47. The number of alkyl halides is 3. The molecule has 1 rings (SSSR count). The standard InChI is InChI=1S/C15H26F3N3O2/c1-11(2)8-19-14(23)21-6-4-5-12(9-21)7-13(22)20(3)10-15(16,17)18/h11-12H,4-10H2,1-3H3,(H,19,23)/t12-/m0/s1. The van der Waals surface area contributed by atoms with E-state index in [2.05, 4.69) is 5.32 Å². The van der Waals surface area contributed by atoms with Gasteiger partial charge in [0.15, 0.2) is 0 Å². The Morgan fingerprint density at radius 2 is 2.00 bits per heavy atom. The summed E-state index contributed by atoms with van der Waals surface area (Å²) in [4.78, 5) is 26.3. The number of halogens is 3. The van der Waals surface area contributed by atoms with Crippen molar-refractivity contribution in [3.8, 4) is 0 Å². The number of carbonyl (C=O) groups is 2. The van der Waals surface area contributed by atoms with E-state index in [0.29, 0.717) is 30.5 Å². The summed E-state index contributed by atoms with van der Waals surface area (Å²) in [7, 11) is 1.16. The highest BCUT2D eigenvalue weighted by molar-refractivity contribution is 5.77. The van der Waals surface area contributed by atoms with Crippen LogP contribution in [0.3, 0.4) is 0 Å². The molecule has 8 heteroatoms. The fourth-order valence-corrected chi connectivity index (χ4v) is 2.58. The molecule has 0 radical (unpaired) electrons. The third-order valence-corrected chi connectivity index (χ3v) is 3.77. The number of hydrogen-bond donors (Lipinski definition) is 1. The minimum absolute atomic E-state index is 0.0422. The zero-order chi connectivity index (χ0) is 17.6. The SMILES string of the molecule is CC(C)CNC(=O)N1CCC[C@@H](CC(=O)N(C)CC(F)(F)F)C1. The van der Waals surface area contributed by atoms with Crippen LogP contribution in [0.15, 0.2) is 0 Å². The minimum Gasteiger partial charge on any atom is -0.338 e. The summed E-state index contributed by atoms with van der Waals surface area (Å²) in [6.45, 7) is 4.36. The first kappa shape index (κ1) is 19.6. The molecule has 23 heavy (non-hydrogen) atoms. The molecular weight excluding hydrogens is 311 g/mol. The normalized spacial score (nSPS) is 18.9. The topological polar surface area (TPSA) is 52.7 Å². The molecule has 1 saturated heterocycles. The lowest BCUT2D eigenvalue weighted by molar-refractivity contribution is -0.159. The summed E-state index contributed by atoms with van der Waals surface area (Å²) in [5.74, 6) is -0.273. The first-order valence-electron chi connectivity index (χ1n) is 7.92. The van der Waals surface area contributed by atoms with Crippen molar-refractivity contribution in [2.75, 3.05) is 33.2 Å². The van der Waals surface area contributed by atoms with Crippen molar-refractivity contribution >= 4 is 11.9 Å². The van der Waals surface area contributed by atoms with E-state index < -0.39 is 18.6 Å². The Labute approximate surface area is 135 Å². The average molecular weight is 337 g/mol. The Kier molecular flexibility index (Phi) is 7.15. The van der Waals surface area contributed by atoms with E-state index in [0.717, 1.165) is 19.9 Å². The number of hydrogen-bond acceptors (Lipinski definition) is 2. The lowest BCUT2D eigenvalue weighted by atomic mass is 9.94. The lowest BCUT2D eigenvalue weighted by Gasteiger charge is -2.33. The quantitative estimate of drug-likeness (QED) is 0.838. The number of likely N-dealkylation sites (tertiary alicyclic amines) is 1. The van der Waals surface area contributed by atoms with Crippen LogP contribution in [0, 0.1) is 11.8 Å². The number of carbonyl (C=O) groups excluding carboxylic acids is 2. The third kappa shape index (κ3) is 7.56. The fourth-order valence-electron chi connectivity index (χ4n) is 2.58. The van der Waals surface area contributed by atoms with E-state index in [4.69, 9.17) is 0 Å². The zero-order valence-corrected chi connectivity index (χ0v) is 13.9. The fraction of sp³-hybridized carbons (Fsp3) is 0.867. The van der Waals surface area contributed by atoms with Crippen LogP contribution in [-0.2, 0) is 4.79 Å². The average Bonchev–Trinajstić information content (AvgIpc) is 2.43. The highest BCUT2D eigenvalue weighted by atomic mass is 19.4. The van der Waals surface area contributed by atoms with Crippen LogP contribution in [0.5, 0.6) is 0 Å². The molecule has 0 saturated carbocycles. The molecule has 0 aliphatic carbocycles. The van der Waals surface area contributed by atoms with Crippen LogP contribution < -0.4 is 5.32 Å². The zero-order valence-electron chi connectivity index (χ0n) is 13.9. The molecule has 0 aromatic rings. The molecule has 0 bridgehead atoms. The molecule has 1 fully saturated rings. The van der Waals surface area contributed by atoms with Crippen LogP contribution >= 0.6 is 0 Å². The molecule has 1 heterocycles. The van der Waals surface area contributed by atoms with Crippen LogP contribution in [0.2, 0.25) is 0 Å². The monoisotopic (exact) mass is 337 g/mol. The van der Waals surface area contributed by atoms with Crippen molar-refractivity contribution in [3.63, 3.8) is 0 Å². The van der Waals surface area contributed by atoms with Crippen LogP contribution in [0.4, 0.5) is 18.0 Å². The predicted octanol–water partition coefficient (Wildman–Crippen LogP) is 2.47. The minimum atomic E-state index is -4.39. The third-order valence-electron chi connectivity index (χ3n) is 3.77. The summed E-state index contributed by atoms with van der Waals surface area (Å²) in [5.41, 5.74) is 0. The van der Waals surface area contributed by atoms with E-state index in [-0.39, 0.29) is 18.4 Å². The Balaban J connectivity index is 2.45. The van der Waals surface area contributed by atoms with Crippen molar-refractivity contribution in [2.24, 2.45) is 11.8 Å². The van der Waals surface area contributed by atoms with Gasteiger partial charge >= 0.3 is 12.2 Å². The van der Waals surface area contributed by atoms with Gasteiger partial charge in [-0.15, -0.1) is 0 Å². The van der Waals surface area contributed by atoms with Gasteiger partial charge in [-0.2, -0.15) is 13.2 Å². The first-order valence-corrected chi connectivity index (χ1v) is 7.92. The predicted molar refractivity (Wildman–Crippen MR) is 80.8 cm³/mol. The summed E-state index contributed by atoms with van der Waals surface area (Å²) < 4.78 is 36.9. The maximum atomic E-state index is 12.3. The molecule has 1 aliphatic heterocycles. The van der Waals surface area contributed by atoms with Crippen molar-refractivity contribution in [2.45, 2.75) is 39.3 Å². The van der Waals surface area contributed by atoms with Gasteiger partial charge in [0.25, 0.3) is 0 Å². The van der Waals surface area contributed by atoms with E-state index >= 15 is 0 Å². The molecule has 1 atom stereocenters. The second-order valence-electron chi connectivity index (χ2n) is 6.60. The highest BCUT2D eigenvalue weighted by Crippen LogP contribution is 2.22. The van der Waals surface area contributed by atoms with Crippen LogP contribution in [-0.4, -0.2) is 61.1 Å². The number of urea groups is 1. The molecular formula is C15H26F3N3O2. The maximum absolute atomic E-state index is 12.3. The Morgan fingerprint density at radius 1 is 1.35 bits per heavy atom. The maximum Gasteiger partial charge on any atom is 0.406 e. The van der Waals surface area contributed by atoms with E-state index in [1.807, 2.05) is 13.8 Å². The highest BCUT2D eigenvalue weighted by Gasteiger charge is 2.32. The molecule has 5 nitrogen and oxygen atoms in total. The van der Waals surface area contributed by atoms with Gasteiger partial charge < -0.3 is 15.1 Å². The number of piperidine rings is 1. The summed E-state index contributed by atoms with van der Waals surface area (Å²) in [6, 6.07) is -0.167. The largest absolute Gasteiger partial charge is 0.406 e. The second kappa shape index (κ2) is 8.40. The van der Waals surface area contributed by atoms with Gasteiger partial charge in [0.2, 0.25) is 5.91 Å². The Morgan fingerprint density at radius 3 is 2.57 bits per heavy atom. The van der Waals surface area contributed by atoms with Gasteiger partial charge in [0.1, 0.15) is 6.54 Å². The second-order valence-corrected chi connectivity index (χ2v) is 6.60. The summed E-state index contributed by atoms with van der Waals surface area (Å²) >= 11 is 0. The van der Waals surface area contributed by atoms with Gasteiger partial charge in [-0.1, -0.05) is 13.8 Å². The molecule has 0 aromatic heterocycles. The number of nitrogens with one attached hydrogen (secondary N) is 1. The number of rotatable bonds is 5. The van der Waals surface area contributed by atoms with Gasteiger partial charge in [-0.05, 0) is 24.7 Å². The molecule has 1 aliphatic rings. The van der Waals surface area contributed by atoms with Crippen LogP contribution in [0.1, 0.15) is 33.1 Å². The Bertz CT molecular complexity index is 413. The van der Waals surface area contributed by atoms with E-state index in [9.17, 15) is 22.8 Å². The van der Waals surface area contributed by atoms with Crippen LogP contribution in [0.25, 0.3) is 0 Å². The van der Waals surface area contributed by atoms with E-state index in [1.54, 1.807) is 4.90 Å². The van der Waals surface area contributed by atoms with Gasteiger partial charge in [-0.3, -0.25) is 4.79 Å². The van der Waals surface area contributed by atoms with E-state index in [1.165, 1.54) is 0 Å². The molecule has 0 unspecified atom stereocenters. The molecule has 0 aromatic carbocycles. The van der Waals surface area contributed by atoms with Gasteiger partial charge in [0.05, 0.1) is 0 Å². The van der Waals surface area contributed by atoms with Crippen molar-refractivity contribution in [3.05, 3.63) is 0 Å².